The van der Waals surface area contributed by atoms with Crippen molar-refractivity contribution in [3.63, 3.8) is 0 Å². The predicted molar refractivity (Wildman–Crippen MR) is 62.9 cm³/mol. The summed E-state index contributed by atoms with van der Waals surface area (Å²) >= 11 is 0. The van der Waals surface area contributed by atoms with E-state index in [0.29, 0.717) is 12.8 Å². The largest absolute Gasteiger partial charge is 0.214 e. The molecule has 3 nitrogen and oxygen atoms in total. The molecule has 0 aromatic rings. The van der Waals surface area contributed by atoms with Crippen LogP contribution < -0.4 is 4.72 Å². The third kappa shape index (κ3) is 6.38. The molecule has 0 spiro atoms. The molecule has 0 aliphatic heterocycles. The zero-order valence-corrected chi connectivity index (χ0v) is 11.1. The van der Waals surface area contributed by atoms with Crippen LogP contribution in [0.2, 0.25) is 0 Å². The van der Waals surface area contributed by atoms with E-state index >= 15 is 0 Å². The molecule has 1 N–H and O–H groups in total. The Morgan fingerprint density at radius 3 is 1.64 bits per heavy atom. The molecule has 0 unspecified atom stereocenters. The molecular weight excluding hydrogens is 198 g/mol. The molecule has 0 saturated carbocycles. The summed E-state index contributed by atoms with van der Waals surface area (Å²) in [7, 11) is -3.07. The molecule has 0 rings (SSSR count). The lowest BCUT2D eigenvalue weighted by Crippen LogP contribution is -2.37. The van der Waals surface area contributed by atoms with Crippen molar-refractivity contribution in [2.24, 2.45) is 0 Å². The van der Waals surface area contributed by atoms with E-state index < -0.39 is 10.0 Å². The van der Waals surface area contributed by atoms with Gasteiger partial charge in [0.25, 0.3) is 0 Å². The summed E-state index contributed by atoms with van der Waals surface area (Å²) in [6.07, 6.45) is 1.36. The van der Waals surface area contributed by atoms with E-state index in [0.717, 1.165) is 0 Å². The summed E-state index contributed by atoms with van der Waals surface area (Å²) in [5.41, 5.74) is 0. The first-order valence-corrected chi connectivity index (χ1v) is 6.99. The third-order valence-electron chi connectivity index (χ3n) is 1.75. The Kier molecular flexibility index (Phi) is 9.62. The topological polar surface area (TPSA) is 46.2 Å². The Morgan fingerprint density at radius 1 is 1.07 bits per heavy atom. The highest BCUT2D eigenvalue weighted by molar-refractivity contribution is 7.90. The molecule has 0 aliphatic rings. The maximum atomic E-state index is 11.5. The molecule has 0 aromatic carbocycles. The van der Waals surface area contributed by atoms with Crippen molar-refractivity contribution in [3.05, 3.63) is 0 Å². The summed E-state index contributed by atoms with van der Waals surface area (Å²) in [4.78, 5) is 0. The van der Waals surface area contributed by atoms with Crippen LogP contribution in [0, 0.1) is 0 Å². The van der Waals surface area contributed by atoms with Gasteiger partial charge in [0.05, 0.1) is 5.25 Å². The first-order chi connectivity index (χ1) is 6.44. The van der Waals surface area contributed by atoms with Crippen LogP contribution in [-0.4, -0.2) is 19.7 Å². The molecule has 0 fully saturated rings. The van der Waals surface area contributed by atoms with Crippen LogP contribution in [0.1, 0.15) is 54.4 Å². The molecule has 0 saturated heterocycles. The van der Waals surface area contributed by atoms with E-state index in [1.807, 2.05) is 41.5 Å². The van der Waals surface area contributed by atoms with E-state index in [1.54, 1.807) is 0 Å². The van der Waals surface area contributed by atoms with Crippen molar-refractivity contribution in [2.45, 2.75) is 65.7 Å². The standard InChI is InChI=1S/C8H19NO2S.C2H6/c1-5-8(6-2)12(10,11)9-7(3)4;1-2/h7-9H,5-6H2,1-4H3;1-2H3. The molecule has 0 radical (unpaired) electrons. The van der Waals surface area contributed by atoms with Crippen LogP contribution in [0.4, 0.5) is 0 Å². The van der Waals surface area contributed by atoms with E-state index in [2.05, 4.69) is 4.72 Å². The van der Waals surface area contributed by atoms with Crippen LogP contribution in [-0.2, 0) is 10.0 Å². The van der Waals surface area contributed by atoms with Crippen LogP contribution in [0.3, 0.4) is 0 Å². The summed E-state index contributed by atoms with van der Waals surface area (Å²) < 4.78 is 25.6. The second kappa shape index (κ2) is 8.24. The summed E-state index contributed by atoms with van der Waals surface area (Å²) in [6.45, 7) is 11.5. The van der Waals surface area contributed by atoms with E-state index in [1.165, 1.54) is 0 Å². The molecule has 4 heteroatoms. The van der Waals surface area contributed by atoms with Crippen molar-refractivity contribution in [1.29, 1.82) is 0 Å². The SMILES string of the molecule is CC.CCC(CC)S(=O)(=O)NC(C)C. The Labute approximate surface area is 89.3 Å². The van der Waals surface area contributed by atoms with Gasteiger partial charge in [-0.25, -0.2) is 13.1 Å². The lowest BCUT2D eigenvalue weighted by Gasteiger charge is -2.16. The van der Waals surface area contributed by atoms with Gasteiger partial charge in [0.15, 0.2) is 0 Å². The quantitative estimate of drug-likeness (QED) is 0.778. The Balaban J connectivity index is 0. The van der Waals surface area contributed by atoms with E-state index in [-0.39, 0.29) is 11.3 Å². The normalized spacial score (nSPS) is 11.4. The van der Waals surface area contributed by atoms with Gasteiger partial charge in [-0.3, -0.25) is 0 Å². The highest BCUT2D eigenvalue weighted by atomic mass is 32.2. The maximum Gasteiger partial charge on any atom is 0.214 e. The first kappa shape index (κ1) is 16.3. The average Bonchev–Trinajstić information content (AvgIpc) is 2.07. The third-order valence-corrected chi connectivity index (χ3v) is 4.09. The van der Waals surface area contributed by atoms with Crippen LogP contribution in [0.25, 0.3) is 0 Å². The molecule has 0 aliphatic carbocycles. The second-order valence-corrected chi connectivity index (χ2v) is 5.25. The molecule has 88 valence electrons. The van der Waals surface area contributed by atoms with Crippen molar-refractivity contribution >= 4 is 10.0 Å². The number of hydrogen-bond acceptors (Lipinski definition) is 2. The Bertz CT molecular complexity index is 206. The highest BCUT2D eigenvalue weighted by Gasteiger charge is 2.21. The van der Waals surface area contributed by atoms with Gasteiger partial charge in [0, 0.05) is 6.04 Å². The Morgan fingerprint density at radius 2 is 1.43 bits per heavy atom. The predicted octanol–water partition coefficient (Wildman–Crippen LogP) is 2.53. The molecule has 14 heavy (non-hydrogen) atoms. The van der Waals surface area contributed by atoms with Crippen molar-refractivity contribution in [2.75, 3.05) is 0 Å². The van der Waals surface area contributed by atoms with Gasteiger partial charge in [-0.2, -0.15) is 0 Å². The summed E-state index contributed by atoms with van der Waals surface area (Å²) in [5, 5.41) is -0.236. The lowest BCUT2D eigenvalue weighted by atomic mass is 10.3. The molecular formula is C10H25NO2S. The van der Waals surface area contributed by atoms with Gasteiger partial charge in [0.2, 0.25) is 10.0 Å². The minimum Gasteiger partial charge on any atom is -0.212 e. The van der Waals surface area contributed by atoms with E-state index in [4.69, 9.17) is 0 Å². The fraction of sp³-hybridized carbons (Fsp3) is 1.00. The van der Waals surface area contributed by atoms with Gasteiger partial charge in [-0.1, -0.05) is 27.7 Å². The fourth-order valence-electron chi connectivity index (χ4n) is 1.15. The zero-order valence-electron chi connectivity index (χ0n) is 10.3. The van der Waals surface area contributed by atoms with Gasteiger partial charge < -0.3 is 0 Å². The molecule has 0 heterocycles. The second-order valence-electron chi connectivity index (χ2n) is 3.26. The first-order valence-electron chi connectivity index (χ1n) is 5.45. The monoisotopic (exact) mass is 223 g/mol. The summed E-state index contributed by atoms with van der Waals surface area (Å²) in [5.74, 6) is 0. The summed E-state index contributed by atoms with van der Waals surface area (Å²) in [6, 6.07) is -0.00407. The molecule has 0 atom stereocenters. The minimum atomic E-state index is -3.07. The lowest BCUT2D eigenvalue weighted by molar-refractivity contribution is 0.546. The van der Waals surface area contributed by atoms with Crippen molar-refractivity contribution in [3.8, 4) is 0 Å². The minimum absolute atomic E-state index is 0.00407. The van der Waals surface area contributed by atoms with Crippen LogP contribution >= 0.6 is 0 Å². The zero-order chi connectivity index (χ0) is 11.8. The van der Waals surface area contributed by atoms with Gasteiger partial charge in [0.1, 0.15) is 0 Å². The molecule has 0 bridgehead atoms. The van der Waals surface area contributed by atoms with E-state index in [9.17, 15) is 8.42 Å². The van der Waals surface area contributed by atoms with Gasteiger partial charge in [-0.05, 0) is 26.7 Å². The van der Waals surface area contributed by atoms with Gasteiger partial charge in [-0.15, -0.1) is 0 Å². The number of sulfonamides is 1. The maximum absolute atomic E-state index is 11.5. The number of nitrogens with one attached hydrogen (secondary N) is 1. The average molecular weight is 223 g/mol. The van der Waals surface area contributed by atoms with Crippen LogP contribution in [0.15, 0.2) is 0 Å². The van der Waals surface area contributed by atoms with Crippen LogP contribution in [0.5, 0.6) is 0 Å². The van der Waals surface area contributed by atoms with Gasteiger partial charge >= 0.3 is 0 Å². The highest BCUT2D eigenvalue weighted by Crippen LogP contribution is 2.08. The molecule has 0 aromatic heterocycles. The number of hydrogen-bond donors (Lipinski definition) is 1. The molecule has 0 amide bonds. The number of rotatable bonds is 5. The Hall–Kier alpha value is -0.0900. The van der Waals surface area contributed by atoms with Crippen molar-refractivity contribution in [1.82, 2.24) is 4.72 Å². The smallest absolute Gasteiger partial charge is 0.212 e. The van der Waals surface area contributed by atoms with Crippen molar-refractivity contribution < 1.29 is 8.42 Å². The fourth-order valence-corrected chi connectivity index (χ4v) is 2.88.